The number of benzene rings is 6. The first-order valence-corrected chi connectivity index (χ1v) is 41.6. The maximum atomic E-state index is 12.1. The molecular formula is C92H138N4O20. The van der Waals surface area contributed by atoms with E-state index in [0.29, 0.717) is 231 Å². The van der Waals surface area contributed by atoms with Gasteiger partial charge in [0.25, 0.3) is 0 Å². The van der Waals surface area contributed by atoms with Gasteiger partial charge in [0, 0.05) is 26.2 Å². The molecule has 6 aromatic rings. The Kier molecular flexibility index (Phi) is 46.9. The lowest BCUT2D eigenvalue weighted by Crippen LogP contribution is -2.27. The summed E-state index contributed by atoms with van der Waals surface area (Å²) >= 11 is 0. The Balaban J connectivity index is 0.000000283. The van der Waals surface area contributed by atoms with Crippen molar-refractivity contribution in [1.82, 2.24) is 21.3 Å². The van der Waals surface area contributed by atoms with Crippen LogP contribution in [0.2, 0.25) is 0 Å². The molecule has 116 heavy (non-hydrogen) atoms. The van der Waals surface area contributed by atoms with E-state index in [2.05, 4.69) is 141 Å². The minimum atomic E-state index is -0.364. The second-order valence-corrected chi connectivity index (χ2v) is 31.9. The number of alkyl carbamates (subject to hydrolysis) is 2. The van der Waals surface area contributed by atoms with Crippen LogP contribution in [0.5, 0.6) is 46.0 Å². The van der Waals surface area contributed by atoms with Gasteiger partial charge in [0.05, 0.1) is 119 Å². The van der Waals surface area contributed by atoms with Gasteiger partial charge >= 0.3 is 12.2 Å². The molecule has 24 nitrogen and oxygen atoms in total. The van der Waals surface area contributed by atoms with Crippen molar-refractivity contribution in [2.24, 2.45) is 0 Å². The fraction of sp³-hybridized carbons (Fsp3) is 0.587. The lowest BCUT2D eigenvalue weighted by atomic mass is 9.79. The SMILES string of the molecule is CC(C)(C)c1cc(CNCCCOC(=O)NCCCCCCNC(=O)OCCCNCc2cc(C(C)(C)C)cc(C(C)(C)C)c2)cc(C(C)(C)C)c1.c1ccc2c(c1)OCCOCCOCCOc1ccccc1OCCOCCOCCO2.c1ccc2c(c1)OCCOCCOCCOc1ccccc1OCCOCCOCCO2. The Morgan fingerprint density at radius 1 is 0.267 bits per heavy atom. The number of amides is 2. The van der Waals surface area contributed by atoms with Crippen LogP contribution in [0.4, 0.5) is 9.59 Å². The highest BCUT2D eigenvalue weighted by Crippen LogP contribution is 2.34. The van der Waals surface area contributed by atoms with Crippen LogP contribution in [0.25, 0.3) is 0 Å². The van der Waals surface area contributed by atoms with Crippen molar-refractivity contribution < 1.29 is 94.9 Å². The first-order chi connectivity index (χ1) is 56.0. The Hall–Kier alpha value is -8.14. The minimum Gasteiger partial charge on any atom is -0.487 e. The van der Waals surface area contributed by atoms with Gasteiger partial charge in [-0.3, -0.25) is 0 Å². The van der Waals surface area contributed by atoms with Crippen LogP contribution >= 0.6 is 0 Å². The van der Waals surface area contributed by atoms with E-state index in [0.717, 1.165) is 64.7 Å². The van der Waals surface area contributed by atoms with Crippen LogP contribution in [0.3, 0.4) is 0 Å². The third kappa shape index (κ3) is 42.8. The van der Waals surface area contributed by atoms with E-state index in [4.69, 9.17) is 85.3 Å². The molecule has 0 saturated heterocycles. The average Bonchev–Trinajstić information content (AvgIpc) is 0.811. The van der Waals surface area contributed by atoms with Crippen LogP contribution in [0.15, 0.2) is 133 Å². The number of para-hydroxylation sites is 8. The van der Waals surface area contributed by atoms with Crippen molar-refractivity contribution >= 4 is 12.2 Å². The Morgan fingerprint density at radius 3 is 0.664 bits per heavy atom. The lowest BCUT2D eigenvalue weighted by molar-refractivity contribution is 0.0223. The summed E-state index contributed by atoms with van der Waals surface area (Å²) in [4.78, 5) is 24.1. The van der Waals surface area contributed by atoms with E-state index >= 15 is 0 Å². The summed E-state index contributed by atoms with van der Waals surface area (Å²) in [5.41, 5.74) is 8.39. The van der Waals surface area contributed by atoms with E-state index < -0.39 is 0 Å². The maximum absolute atomic E-state index is 12.1. The van der Waals surface area contributed by atoms with Gasteiger partial charge in [-0.15, -0.1) is 0 Å². The van der Waals surface area contributed by atoms with Crippen LogP contribution < -0.4 is 59.2 Å². The molecule has 0 saturated carbocycles. The van der Waals surface area contributed by atoms with Gasteiger partial charge in [-0.05, 0) is 142 Å². The Labute approximate surface area is 692 Å². The molecule has 2 amide bonds. The van der Waals surface area contributed by atoms with Crippen molar-refractivity contribution in [2.45, 2.75) is 156 Å². The number of nitrogens with one attached hydrogen (secondary N) is 4. The lowest BCUT2D eigenvalue weighted by Gasteiger charge is -2.26. The van der Waals surface area contributed by atoms with Crippen molar-refractivity contribution in [3.8, 4) is 46.0 Å². The first-order valence-electron chi connectivity index (χ1n) is 41.6. The molecule has 0 atom stereocenters. The van der Waals surface area contributed by atoms with E-state index in [1.165, 1.54) is 33.4 Å². The predicted molar refractivity (Wildman–Crippen MR) is 454 cm³/mol. The molecule has 0 spiro atoms. The molecule has 6 aromatic carbocycles. The van der Waals surface area contributed by atoms with Crippen molar-refractivity contribution in [3.63, 3.8) is 0 Å². The molecule has 0 bridgehead atoms. The van der Waals surface area contributed by atoms with Gasteiger partial charge in [-0.1, -0.05) is 181 Å². The molecule has 646 valence electrons. The second-order valence-electron chi connectivity index (χ2n) is 31.9. The zero-order valence-electron chi connectivity index (χ0n) is 71.7. The molecule has 2 aliphatic heterocycles. The number of carbonyl (C=O) groups excluding carboxylic acids is 2. The van der Waals surface area contributed by atoms with Gasteiger partial charge < -0.3 is 107 Å². The number of ether oxygens (including phenoxy) is 18. The number of unbranched alkanes of at least 4 members (excludes halogenated alkanes) is 3. The normalized spacial score (nSPS) is 15.7. The number of rotatable bonds is 19. The average molecular weight is 1620 g/mol. The molecule has 0 unspecified atom stereocenters. The zero-order valence-corrected chi connectivity index (χ0v) is 71.7. The molecule has 0 aromatic heterocycles. The summed E-state index contributed by atoms with van der Waals surface area (Å²) < 4.78 is 101. The molecule has 2 heterocycles. The quantitative estimate of drug-likeness (QED) is 0.0550. The third-order valence-electron chi connectivity index (χ3n) is 18.0. The molecule has 4 N–H and O–H groups in total. The molecule has 24 heteroatoms. The highest BCUT2D eigenvalue weighted by molar-refractivity contribution is 5.67. The fourth-order valence-electron chi connectivity index (χ4n) is 11.3. The number of hydrogen-bond acceptors (Lipinski definition) is 22. The van der Waals surface area contributed by atoms with Crippen molar-refractivity contribution in [2.75, 3.05) is 198 Å². The van der Waals surface area contributed by atoms with Crippen LogP contribution in [-0.2, 0) is 82.1 Å². The van der Waals surface area contributed by atoms with Crippen LogP contribution in [0, 0.1) is 0 Å². The van der Waals surface area contributed by atoms with E-state index in [1.54, 1.807) is 0 Å². The Morgan fingerprint density at radius 2 is 0.466 bits per heavy atom. The van der Waals surface area contributed by atoms with Crippen LogP contribution in [0.1, 0.15) is 155 Å². The first kappa shape index (κ1) is 96.7. The van der Waals surface area contributed by atoms with Gasteiger partial charge in [-0.25, -0.2) is 9.59 Å². The summed E-state index contributed by atoms with van der Waals surface area (Å²) in [5, 5.41) is 12.7. The van der Waals surface area contributed by atoms with Gasteiger partial charge in [0.2, 0.25) is 0 Å². The van der Waals surface area contributed by atoms with Gasteiger partial charge in [0.15, 0.2) is 46.0 Å². The molecular weight excluding hydrogens is 1480 g/mol. The zero-order chi connectivity index (χ0) is 83.2. The number of hydrogen-bond donors (Lipinski definition) is 4. The van der Waals surface area contributed by atoms with Crippen LogP contribution in [-0.4, -0.2) is 210 Å². The van der Waals surface area contributed by atoms with Gasteiger partial charge in [0.1, 0.15) is 52.9 Å². The summed E-state index contributed by atoms with van der Waals surface area (Å²) in [6, 6.07) is 44.1. The summed E-state index contributed by atoms with van der Waals surface area (Å²) in [5.74, 6) is 5.46. The second kappa shape index (κ2) is 56.3. The topological polar surface area (TPSA) is 248 Å². The third-order valence-corrected chi connectivity index (χ3v) is 18.0. The van der Waals surface area contributed by atoms with Gasteiger partial charge in [-0.2, -0.15) is 0 Å². The highest BCUT2D eigenvalue weighted by Gasteiger charge is 2.23. The Bertz CT molecular complexity index is 3060. The van der Waals surface area contributed by atoms with Crippen molar-refractivity contribution in [1.29, 1.82) is 0 Å². The number of fused-ring (bicyclic) bond motifs is 4. The molecule has 0 radical (unpaired) electrons. The molecule has 0 aliphatic carbocycles. The minimum absolute atomic E-state index is 0.0988. The highest BCUT2D eigenvalue weighted by atomic mass is 16.6. The summed E-state index contributed by atoms with van der Waals surface area (Å²) in [7, 11) is 0. The summed E-state index contributed by atoms with van der Waals surface area (Å²) in [6.07, 6.45) is 4.47. The fourth-order valence-corrected chi connectivity index (χ4v) is 11.3. The molecule has 2 aliphatic rings. The van der Waals surface area contributed by atoms with E-state index in [-0.39, 0.29) is 33.8 Å². The number of carbonyl (C=O) groups is 2. The van der Waals surface area contributed by atoms with Crippen molar-refractivity contribution in [3.05, 3.63) is 167 Å². The van der Waals surface area contributed by atoms with E-state index in [9.17, 15) is 9.59 Å². The maximum Gasteiger partial charge on any atom is 0.407 e. The smallest absolute Gasteiger partial charge is 0.407 e. The predicted octanol–water partition coefficient (Wildman–Crippen LogP) is 15.5. The summed E-state index contributed by atoms with van der Waals surface area (Å²) in [6.45, 7) is 43.1. The monoisotopic (exact) mass is 1620 g/mol. The molecule has 0 fully saturated rings. The molecule has 8 rings (SSSR count). The largest absolute Gasteiger partial charge is 0.487 e. The standard InChI is InChI=1S/C44H74N4O4.2C24H32O8/c1-41(2,3)35-25-33(26-36(29-35)42(4,5)6)31-45-19-17-23-51-39(49)47-21-15-13-14-16-22-48-40(50)52-24-18-20-46-32-34-27-37(43(7,8)9)30-38(28-34)44(10,11)12;2*1-2-6-22-21(5-1)29-17-13-25-9-10-27-15-19-31-23-7-3-4-8-24(23)32-20-16-28-12-11-26-14-18-30-22/h25-30,45-46H,13-24,31-32H2,1-12H3,(H,47,49)(H,48,50);2*1-8H,9-20H2. The van der Waals surface area contributed by atoms with E-state index in [1.807, 2.05) is 97.1 Å².